The Hall–Kier alpha value is 0.210. The van der Waals surface area contributed by atoms with Crippen LogP contribution in [-0.4, -0.2) is 12.3 Å². The minimum Gasteiger partial charge on any atom is -0.479 e. The number of allylic oxidation sites excluding steroid dienone is 2. The molecule has 1 aliphatic rings. The number of ether oxygens (including phenoxy) is 1. The number of hydrogen-bond donors (Lipinski definition) is 0. The summed E-state index contributed by atoms with van der Waals surface area (Å²) in [6.45, 7) is 2.11. The molecule has 3 nitrogen and oxygen atoms in total. The summed E-state index contributed by atoms with van der Waals surface area (Å²) in [6.07, 6.45) is 3.06. The number of methoxy groups -OCH3 is 1. The topological polar surface area (TPSA) is 35.3 Å². The molecule has 1 atom stereocenters. The molecule has 0 bridgehead atoms. The van der Waals surface area contributed by atoms with E-state index < -0.39 is 0 Å². The van der Waals surface area contributed by atoms with Gasteiger partial charge in [0.2, 0.25) is 0 Å². The second-order valence-electron chi connectivity index (χ2n) is 3.34. The number of rotatable bonds is 1. The van der Waals surface area contributed by atoms with Crippen LogP contribution in [0.25, 0.3) is 0 Å². The Kier molecular flexibility index (Phi) is 2.80. The summed E-state index contributed by atoms with van der Waals surface area (Å²) in [6, 6.07) is 0. The third-order valence-electron chi connectivity index (χ3n) is 2.16. The Morgan fingerprint density at radius 3 is 3.00 bits per heavy atom. The summed E-state index contributed by atoms with van der Waals surface area (Å²) in [5, 5.41) is 3.91. The molecule has 0 spiro atoms. The number of aromatic nitrogens is 1. The van der Waals surface area contributed by atoms with Crippen molar-refractivity contribution in [2.75, 3.05) is 7.11 Å². The van der Waals surface area contributed by atoms with Crippen LogP contribution in [0.1, 0.15) is 18.2 Å². The van der Waals surface area contributed by atoms with E-state index in [2.05, 4.69) is 63.3 Å². The minimum atomic E-state index is -0.106. The zero-order valence-electron chi connectivity index (χ0n) is 7.80. The lowest BCUT2D eigenvalue weighted by atomic mass is 9.96. The Morgan fingerprint density at radius 1 is 1.64 bits per heavy atom. The lowest BCUT2D eigenvalue weighted by molar-refractivity contribution is 0.323. The molecule has 1 aromatic rings. The van der Waals surface area contributed by atoms with Crippen molar-refractivity contribution in [2.45, 2.75) is 16.8 Å². The van der Waals surface area contributed by atoms with Gasteiger partial charge in [-0.3, -0.25) is 0 Å². The minimum absolute atomic E-state index is 0.106. The third kappa shape index (κ3) is 1.68. The second kappa shape index (κ2) is 3.66. The monoisotopic (exact) mass is 417 g/mol. The van der Waals surface area contributed by atoms with E-state index in [0.717, 1.165) is 17.7 Å². The van der Waals surface area contributed by atoms with Crippen molar-refractivity contribution in [1.82, 2.24) is 5.16 Å². The van der Waals surface area contributed by atoms with Crippen molar-refractivity contribution >= 4 is 45.2 Å². The van der Waals surface area contributed by atoms with Gasteiger partial charge in [0.25, 0.3) is 5.88 Å². The van der Waals surface area contributed by atoms with Gasteiger partial charge in [-0.1, -0.05) is 28.7 Å². The summed E-state index contributed by atoms with van der Waals surface area (Å²) < 4.78 is 11.7. The van der Waals surface area contributed by atoms with Crippen molar-refractivity contribution in [2.24, 2.45) is 0 Å². The molecule has 0 saturated carbocycles. The Labute approximate surface area is 110 Å². The van der Waals surface area contributed by atoms with Gasteiger partial charge in [-0.2, -0.15) is 0 Å². The van der Waals surface area contributed by atoms with Crippen LogP contribution >= 0.6 is 45.2 Å². The predicted molar refractivity (Wildman–Crippen MR) is 70.2 cm³/mol. The molecule has 0 N–H and O–H groups in total. The van der Waals surface area contributed by atoms with E-state index >= 15 is 0 Å². The molecule has 0 radical (unpaired) electrons. The average Bonchev–Trinajstić information content (AvgIpc) is 2.46. The van der Waals surface area contributed by atoms with E-state index in [9.17, 15) is 0 Å². The van der Waals surface area contributed by atoms with Gasteiger partial charge >= 0.3 is 0 Å². The summed E-state index contributed by atoms with van der Waals surface area (Å²) in [4.78, 5) is 0. The van der Waals surface area contributed by atoms with Gasteiger partial charge in [0.15, 0.2) is 5.76 Å². The third-order valence-corrected chi connectivity index (χ3v) is 3.66. The number of alkyl halides is 1. The van der Waals surface area contributed by atoms with Crippen LogP contribution < -0.4 is 4.74 Å². The molecule has 0 aliphatic heterocycles. The van der Waals surface area contributed by atoms with E-state index in [4.69, 9.17) is 9.26 Å². The maximum Gasteiger partial charge on any atom is 0.257 e. The van der Waals surface area contributed by atoms with Gasteiger partial charge in [0, 0.05) is 6.42 Å². The van der Waals surface area contributed by atoms with E-state index in [0.29, 0.717) is 5.88 Å². The highest BCUT2D eigenvalue weighted by molar-refractivity contribution is 14.1. The fourth-order valence-electron chi connectivity index (χ4n) is 1.57. The zero-order chi connectivity index (χ0) is 10.3. The number of halogens is 2. The van der Waals surface area contributed by atoms with Crippen molar-refractivity contribution < 1.29 is 9.26 Å². The number of nitrogens with zero attached hydrogens (tertiary/aromatic N) is 1. The summed E-state index contributed by atoms with van der Waals surface area (Å²) in [7, 11) is 1.62. The van der Waals surface area contributed by atoms with Crippen LogP contribution in [0.5, 0.6) is 5.88 Å². The van der Waals surface area contributed by atoms with Crippen molar-refractivity contribution in [3.63, 3.8) is 0 Å². The molecular weight excluding hydrogens is 408 g/mol. The highest BCUT2D eigenvalue weighted by Gasteiger charge is 2.35. The van der Waals surface area contributed by atoms with Gasteiger partial charge < -0.3 is 9.26 Å². The van der Waals surface area contributed by atoms with Gasteiger partial charge in [0.1, 0.15) is 0 Å². The van der Waals surface area contributed by atoms with Crippen LogP contribution in [0.3, 0.4) is 0 Å². The highest BCUT2D eigenvalue weighted by Crippen LogP contribution is 2.44. The first-order valence-electron chi connectivity index (χ1n) is 4.14. The number of hydrogen-bond acceptors (Lipinski definition) is 3. The molecule has 5 heteroatoms. The normalized spacial score (nSPS) is 25.6. The van der Waals surface area contributed by atoms with Gasteiger partial charge in [-0.05, 0) is 38.3 Å². The van der Waals surface area contributed by atoms with Crippen LogP contribution in [-0.2, 0) is 9.84 Å². The zero-order valence-corrected chi connectivity index (χ0v) is 12.1. The highest BCUT2D eigenvalue weighted by atomic mass is 127. The van der Waals surface area contributed by atoms with Crippen LogP contribution in [0.4, 0.5) is 0 Å². The predicted octanol–water partition coefficient (Wildman–Crippen LogP) is 3.21. The molecule has 0 amide bonds. The fourth-order valence-corrected chi connectivity index (χ4v) is 3.97. The van der Waals surface area contributed by atoms with E-state index in [1.54, 1.807) is 7.11 Å². The van der Waals surface area contributed by atoms with Crippen molar-refractivity contribution in [3.05, 3.63) is 21.0 Å². The largest absolute Gasteiger partial charge is 0.479 e. The molecule has 76 valence electrons. The van der Waals surface area contributed by atoms with Crippen molar-refractivity contribution in [3.8, 4) is 5.88 Å². The average molecular weight is 417 g/mol. The Balaban J connectivity index is 2.55. The maximum absolute atomic E-state index is 5.31. The summed E-state index contributed by atoms with van der Waals surface area (Å²) >= 11 is 4.70. The first kappa shape index (κ1) is 10.7. The van der Waals surface area contributed by atoms with Crippen LogP contribution in [0.2, 0.25) is 0 Å². The SMILES string of the molecule is COc1noc2c1CC(I)=CC2(C)I. The Bertz CT molecular complexity index is 396. The fraction of sp³-hybridized carbons (Fsp3) is 0.444. The lowest BCUT2D eigenvalue weighted by Gasteiger charge is -2.21. The molecular formula is C9H9I2NO2. The van der Waals surface area contributed by atoms with Gasteiger partial charge in [0.05, 0.1) is 16.1 Å². The second-order valence-corrected chi connectivity index (χ2v) is 6.97. The summed E-state index contributed by atoms with van der Waals surface area (Å²) in [5.74, 6) is 1.53. The molecule has 0 saturated heterocycles. The molecule has 2 rings (SSSR count). The van der Waals surface area contributed by atoms with Gasteiger partial charge in [-0.25, -0.2) is 0 Å². The summed E-state index contributed by atoms with van der Waals surface area (Å²) in [5.41, 5.74) is 1.08. The van der Waals surface area contributed by atoms with Crippen molar-refractivity contribution in [1.29, 1.82) is 0 Å². The molecule has 0 fully saturated rings. The maximum atomic E-state index is 5.31. The quantitative estimate of drug-likeness (QED) is 0.521. The van der Waals surface area contributed by atoms with Gasteiger partial charge in [-0.15, -0.1) is 0 Å². The Morgan fingerprint density at radius 2 is 2.36 bits per heavy atom. The first-order chi connectivity index (χ1) is 6.54. The molecule has 14 heavy (non-hydrogen) atoms. The molecule has 1 aliphatic carbocycles. The number of fused-ring (bicyclic) bond motifs is 1. The first-order valence-corrected chi connectivity index (χ1v) is 6.29. The van der Waals surface area contributed by atoms with E-state index in [1.807, 2.05) is 0 Å². The lowest BCUT2D eigenvalue weighted by Crippen LogP contribution is -2.15. The standard InChI is InChI=1S/C9H9I2NO2/c1-9(11)4-5(10)3-6-7(9)14-12-8(6)13-2/h4H,3H2,1-2H3. The van der Waals surface area contributed by atoms with E-state index in [1.165, 1.54) is 3.58 Å². The van der Waals surface area contributed by atoms with E-state index in [-0.39, 0.29) is 3.42 Å². The van der Waals surface area contributed by atoms with Crippen LogP contribution in [0.15, 0.2) is 14.2 Å². The molecule has 1 unspecified atom stereocenters. The molecule has 1 aromatic heterocycles. The smallest absolute Gasteiger partial charge is 0.257 e. The van der Waals surface area contributed by atoms with Crippen LogP contribution in [0, 0.1) is 0 Å². The molecule has 0 aromatic carbocycles. The molecule has 1 heterocycles.